The minimum absolute atomic E-state index is 0.0321. The molecule has 0 bridgehead atoms. The Kier molecular flexibility index (Phi) is 3.56. The average molecular weight is 302 g/mol. The molecule has 0 spiro atoms. The van der Waals surface area contributed by atoms with Gasteiger partial charge < -0.3 is 9.15 Å². The van der Waals surface area contributed by atoms with E-state index in [4.69, 9.17) is 20.8 Å². The van der Waals surface area contributed by atoms with Gasteiger partial charge in [0.25, 0.3) is 0 Å². The zero-order chi connectivity index (χ0) is 11.5. The van der Waals surface area contributed by atoms with Crippen molar-refractivity contribution in [1.82, 2.24) is 0 Å². The van der Waals surface area contributed by atoms with E-state index in [2.05, 4.69) is 15.9 Å². The summed E-state index contributed by atoms with van der Waals surface area (Å²) in [6.07, 6.45) is 3.33. The molecule has 2 aromatic rings. The summed E-state index contributed by atoms with van der Waals surface area (Å²) in [7, 11) is 1.62. The van der Waals surface area contributed by atoms with Gasteiger partial charge in [0, 0.05) is 10.6 Å². The Morgan fingerprint density at radius 1 is 1.38 bits per heavy atom. The highest BCUT2D eigenvalue weighted by Crippen LogP contribution is 2.36. The highest BCUT2D eigenvalue weighted by atomic mass is 79.9. The summed E-state index contributed by atoms with van der Waals surface area (Å²) in [6.45, 7) is 0. The molecule has 0 aliphatic rings. The van der Waals surface area contributed by atoms with E-state index in [9.17, 15) is 0 Å². The Bertz CT molecular complexity index is 468. The number of rotatable bonds is 3. The highest BCUT2D eigenvalue weighted by molar-refractivity contribution is 9.09. The Labute approximate surface area is 107 Å². The maximum Gasteiger partial charge on any atom is 0.120 e. The number of furan rings is 1. The highest BCUT2D eigenvalue weighted by Gasteiger charge is 2.15. The van der Waals surface area contributed by atoms with E-state index in [1.54, 1.807) is 25.7 Å². The van der Waals surface area contributed by atoms with Crippen LogP contribution in [0, 0.1) is 0 Å². The van der Waals surface area contributed by atoms with Crippen molar-refractivity contribution in [1.29, 1.82) is 0 Å². The Morgan fingerprint density at radius 2 is 2.19 bits per heavy atom. The van der Waals surface area contributed by atoms with Gasteiger partial charge in [-0.25, -0.2) is 0 Å². The summed E-state index contributed by atoms with van der Waals surface area (Å²) >= 11 is 9.76. The van der Waals surface area contributed by atoms with Crippen molar-refractivity contribution in [3.8, 4) is 5.75 Å². The first-order chi connectivity index (χ1) is 7.72. The van der Waals surface area contributed by atoms with Gasteiger partial charge in [-0.1, -0.05) is 33.6 Å². The third kappa shape index (κ3) is 2.25. The van der Waals surface area contributed by atoms with Crippen LogP contribution in [0.2, 0.25) is 5.02 Å². The number of benzene rings is 1. The third-order valence-corrected chi connectivity index (χ3v) is 3.67. The number of hydrogen-bond donors (Lipinski definition) is 0. The van der Waals surface area contributed by atoms with Crippen LogP contribution in [-0.2, 0) is 0 Å². The van der Waals surface area contributed by atoms with Crippen molar-refractivity contribution in [3.05, 3.63) is 52.9 Å². The van der Waals surface area contributed by atoms with Crippen LogP contribution in [0.4, 0.5) is 0 Å². The summed E-state index contributed by atoms with van der Waals surface area (Å²) in [5.41, 5.74) is 2.02. The van der Waals surface area contributed by atoms with E-state index in [1.165, 1.54) is 0 Å². The van der Waals surface area contributed by atoms with Crippen molar-refractivity contribution in [2.75, 3.05) is 7.11 Å². The number of hydrogen-bond acceptors (Lipinski definition) is 2. The molecular weight excluding hydrogens is 291 g/mol. The number of methoxy groups -OCH3 is 1. The molecule has 0 saturated heterocycles. The molecular formula is C12H10BrClO2. The molecule has 2 rings (SSSR count). The Morgan fingerprint density at radius 3 is 2.75 bits per heavy atom. The molecule has 0 aliphatic carbocycles. The lowest BCUT2D eigenvalue weighted by Crippen LogP contribution is -1.93. The molecule has 4 heteroatoms. The van der Waals surface area contributed by atoms with Gasteiger partial charge in [-0.15, -0.1) is 0 Å². The van der Waals surface area contributed by atoms with Crippen molar-refractivity contribution >= 4 is 27.5 Å². The first kappa shape index (κ1) is 11.6. The molecule has 1 unspecified atom stereocenters. The minimum atomic E-state index is 0.0321. The molecule has 16 heavy (non-hydrogen) atoms. The van der Waals surface area contributed by atoms with E-state index in [1.807, 2.05) is 18.2 Å². The van der Waals surface area contributed by atoms with Crippen LogP contribution in [0.5, 0.6) is 5.75 Å². The van der Waals surface area contributed by atoms with Crippen LogP contribution in [-0.4, -0.2) is 7.11 Å². The van der Waals surface area contributed by atoms with Crippen LogP contribution in [0.1, 0.15) is 16.0 Å². The quantitative estimate of drug-likeness (QED) is 0.783. The number of ether oxygens (including phenoxy) is 1. The van der Waals surface area contributed by atoms with Crippen LogP contribution in [0.3, 0.4) is 0 Å². The lowest BCUT2D eigenvalue weighted by molar-refractivity contribution is 0.414. The van der Waals surface area contributed by atoms with E-state index in [0.29, 0.717) is 5.02 Å². The molecule has 0 saturated carbocycles. The maximum absolute atomic E-state index is 6.18. The van der Waals surface area contributed by atoms with Gasteiger partial charge in [-0.05, 0) is 23.8 Å². The van der Waals surface area contributed by atoms with E-state index in [0.717, 1.165) is 16.9 Å². The second kappa shape index (κ2) is 4.93. The summed E-state index contributed by atoms with van der Waals surface area (Å²) < 4.78 is 10.1. The smallest absolute Gasteiger partial charge is 0.120 e. The van der Waals surface area contributed by atoms with Crippen LogP contribution >= 0.6 is 27.5 Å². The first-order valence-electron chi connectivity index (χ1n) is 4.72. The van der Waals surface area contributed by atoms with Gasteiger partial charge in [-0.3, -0.25) is 0 Å². The molecule has 0 amide bonds. The van der Waals surface area contributed by atoms with Gasteiger partial charge in [0.15, 0.2) is 0 Å². The normalized spacial score (nSPS) is 12.4. The molecule has 2 nitrogen and oxygen atoms in total. The second-order valence-corrected chi connectivity index (χ2v) is 4.63. The summed E-state index contributed by atoms with van der Waals surface area (Å²) in [6, 6.07) is 7.52. The fourth-order valence-corrected chi connectivity index (χ4v) is 2.51. The Balaban J connectivity index is 2.34. The average Bonchev–Trinajstić information content (AvgIpc) is 2.81. The van der Waals surface area contributed by atoms with E-state index < -0.39 is 0 Å². The van der Waals surface area contributed by atoms with Gasteiger partial charge in [0.1, 0.15) is 5.75 Å². The maximum atomic E-state index is 6.18. The first-order valence-corrected chi connectivity index (χ1v) is 6.01. The lowest BCUT2D eigenvalue weighted by Gasteiger charge is -2.11. The predicted octanol–water partition coefficient (Wildman–Crippen LogP) is 4.43. The second-order valence-electron chi connectivity index (χ2n) is 3.31. The minimum Gasteiger partial charge on any atom is -0.497 e. The van der Waals surface area contributed by atoms with Crippen LogP contribution < -0.4 is 4.74 Å². The fraction of sp³-hybridized carbons (Fsp3) is 0.167. The third-order valence-electron chi connectivity index (χ3n) is 2.32. The van der Waals surface area contributed by atoms with Crippen molar-refractivity contribution in [2.24, 2.45) is 0 Å². The van der Waals surface area contributed by atoms with Crippen molar-refractivity contribution in [2.45, 2.75) is 4.83 Å². The zero-order valence-electron chi connectivity index (χ0n) is 8.61. The number of halogens is 2. The summed E-state index contributed by atoms with van der Waals surface area (Å²) in [5, 5.41) is 0.669. The molecule has 0 N–H and O–H groups in total. The SMILES string of the molecule is COc1ccc(C(Br)c2ccoc2)c(Cl)c1. The zero-order valence-corrected chi connectivity index (χ0v) is 11.0. The van der Waals surface area contributed by atoms with E-state index in [-0.39, 0.29) is 4.83 Å². The van der Waals surface area contributed by atoms with Gasteiger partial charge in [0.05, 0.1) is 24.5 Å². The summed E-state index contributed by atoms with van der Waals surface area (Å²) in [5.74, 6) is 0.751. The van der Waals surface area contributed by atoms with Gasteiger partial charge >= 0.3 is 0 Å². The predicted molar refractivity (Wildman–Crippen MR) is 67.5 cm³/mol. The largest absolute Gasteiger partial charge is 0.497 e. The Hall–Kier alpha value is -0.930. The van der Waals surface area contributed by atoms with Crippen molar-refractivity contribution < 1.29 is 9.15 Å². The van der Waals surface area contributed by atoms with E-state index >= 15 is 0 Å². The topological polar surface area (TPSA) is 22.4 Å². The van der Waals surface area contributed by atoms with Gasteiger partial charge in [0.2, 0.25) is 0 Å². The van der Waals surface area contributed by atoms with Crippen LogP contribution in [0.25, 0.3) is 0 Å². The molecule has 0 fully saturated rings. The number of alkyl halides is 1. The van der Waals surface area contributed by atoms with Crippen molar-refractivity contribution in [3.63, 3.8) is 0 Å². The standard InChI is InChI=1S/C12H10BrClO2/c1-15-9-2-3-10(11(14)6-9)12(13)8-4-5-16-7-8/h2-7,12H,1H3. The van der Waals surface area contributed by atoms with Gasteiger partial charge in [-0.2, -0.15) is 0 Å². The molecule has 0 aliphatic heterocycles. The summed E-state index contributed by atoms with van der Waals surface area (Å²) in [4.78, 5) is 0.0321. The molecule has 1 atom stereocenters. The lowest BCUT2D eigenvalue weighted by atomic mass is 10.1. The molecule has 1 heterocycles. The monoisotopic (exact) mass is 300 g/mol. The molecule has 1 aromatic carbocycles. The van der Waals surface area contributed by atoms with Crippen LogP contribution in [0.15, 0.2) is 41.2 Å². The molecule has 1 aromatic heterocycles. The fourth-order valence-electron chi connectivity index (χ4n) is 1.44. The molecule has 0 radical (unpaired) electrons. The molecule has 84 valence electrons.